The Balaban J connectivity index is 1.96. The van der Waals surface area contributed by atoms with E-state index in [-0.39, 0.29) is 11.9 Å². The predicted octanol–water partition coefficient (Wildman–Crippen LogP) is 2.00. The molecule has 0 amide bonds. The van der Waals surface area contributed by atoms with Gasteiger partial charge in [-0.3, -0.25) is 4.90 Å². The molecule has 2 N–H and O–H groups in total. The van der Waals surface area contributed by atoms with Crippen LogP contribution in [0.4, 0.5) is 4.39 Å². The standard InChI is InChI=1S/C14H21FN2O/c1-10(16)12-5-6-17(9-12)8-11-3-4-14(18-2)13(15)7-11/h3-4,7,10,12H,5-6,8-9,16H2,1-2H3. The molecule has 0 bridgehead atoms. The van der Waals surface area contributed by atoms with E-state index in [1.807, 2.05) is 6.07 Å². The first kappa shape index (κ1) is 13.3. The lowest BCUT2D eigenvalue weighted by Crippen LogP contribution is -2.29. The van der Waals surface area contributed by atoms with Crippen LogP contribution in [0.5, 0.6) is 5.75 Å². The van der Waals surface area contributed by atoms with Gasteiger partial charge in [0.25, 0.3) is 0 Å². The number of benzene rings is 1. The normalized spacial score (nSPS) is 22.1. The second-order valence-corrected chi connectivity index (χ2v) is 5.11. The Morgan fingerprint density at radius 3 is 2.89 bits per heavy atom. The van der Waals surface area contributed by atoms with Crippen molar-refractivity contribution in [2.45, 2.75) is 25.9 Å². The highest BCUT2D eigenvalue weighted by atomic mass is 19.1. The summed E-state index contributed by atoms with van der Waals surface area (Å²) in [6.07, 6.45) is 1.14. The zero-order valence-corrected chi connectivity index (χ0v) is 11.0. The smallest absolute Gasteiger partial charge is 0.165 e. The summed E-state index contributed by atoms with van der Waals surface area (Å²) in [5.74, 6) is 0.569. The van der Waals surface area contributed by atoms with E-state index in [1.165, 1.54) is 7.11 Å². The first-order valence-electron chi connectivity index (χ1n) is 6.40. The van der Waals surface area contributed by atoms with E-state index in [0.29, 0.717) is 11.7 Å². The molecular formula is C14H21FN2O. The first-order chi connectivity index (χ1) is 8.60. The van der Waals surface area contributed by atoms with E-state index >= 15 is 0 Å². The summed E-state index contributed by atoms with van der Waals surface area (Å²) in [5.41, 5.74) is 6.90. The van der Waals surface area contributed by atoms with Gasteiger partial charge in [0.05, 0.1) is 7.11 Å². The number of likely N-dealkylation sites (tertiary alicyclic amines) is 1. The van der Waals surface area contributed by atoms with Gasteiger partial charge in [-0.25, -0.2) is 4.39 Å². The van der Waals surface area contributed by atoms with Gasteiger partial charge in [0, 0.05) is 19.1 Å². The van der Waals surface area contributed by atoms with Crippen LogP contribution in [0.3, 0.4) is 0 Å². The van der Waals surface area contributed by atoms with Gasteiger partial charge in [-0.15, -0.1) is 0 Å². The molecule has 0 aromatic heterocycles. The molecule has 0 spiro atoms. The lowest BCUT2D eigenvalue weighted by atomic mass is 10.0. The molecular weight excluding hydrogens is 231 g/mol. The van der Waals surface area contributed by atoms with E-state index in [0.717, 1.165) is 31.6 Å². The average Bonchev–Trinajstić information content (AvgIpc) is 2.78. The number of nitrogens with zero attached hydrogens (tertiary/aromatic N) is 1. The highest BCUT2D eigenvalue weighted by Gasteiger charge is 2.25. The summed E-state index contributed by atoms with van der Waals surface area (Å²) in [7, 11) is 1.48. The topological polar surface area (TPSA) is 38.5 Å². The lowest BCUT2D eigenvalue weighted by molar-refractivity contribution is 0.307. The molecule has 2 rings (SSSR count). The largest absolute Gasteiger partial charge is 0.494 e. The van der Waals surface area contributed by atoms with Gasteiger partial charge in [-0.1, -0.05) is 6.07 Å². The third-order valence-electron chi connectivity index (χ3n) is 3.67. The molecule has 1 saturated heterocycles. The van der Waals surface area contributed by atoms with Crippen molar-refractivity contribution in [3.05, 3.63) is 29.6 Å². The molecule has 0 radical (unpaired) electrons. The van der Waals surface area contributed by atoms with Crippen LogP contribution in [0.15, 0.2) is 18.2 Å². The molecule has 2 unspecified atom stereocenters. The number of hydrogen-bond acceptors (Lipinski definition) is 3. The minimum Gasteiger partial charge on any atom is -0.494 e. The van der Waals surface area contributed by atoms with Crippen LogP contribution in [0.2, 0.25) is 0 Å². The number of ether oxygens (including phenoxy) is 1. The second kappa shape index (κ2) is 5.67. The van der Waals surface area contributed by atoms with Crippen molar-refractivity contribution in [1.82, 2.24) is 4.90 Å². The van der Waals surface area contributed by atoms with Crippen LogP contribution < -0.4 is 10.5 Å². The van der Waals surface area contributed by atoms with Crippen molar-refractivity contribution in [2.24, 2.45) is 11.7 Å². The van der Waals surface area contributed by atoms with Gasteiger partial charge in [-0.2, -0.15) is 0 Å². The Bertz CT molecular complexity index is 409. The zero-order valence-electron chi connectivity index (χ0n) is 11.0. The van der Waals surface area contributed by atoms with Gasteiger partial charge in [0.2, 0.25) is 0 Å². The summed E-state index contributed by atoms with van der Waals surface area (Å²) in [5, 5.41) is 0. The Hall–Kier alpha value is -1.13. The molecule has 3 nitrogen and oxygen atoms in total. The summed E-state index contributed by atoms with van der Waals surface area (Å²) in [4.78, 5) is 2.33. The molecule has 0 aliphatic carbocycles. The average molecular weight is 252 g/mol. The van der Waals surface area contributed by atoms with Gasteiger partial charge in [0.1, 0.15) is 0 Å². The number of halogens is 1. The third kappa shape index (κ3) is 3.00. The van der Waals surface area contributed by atoms with Crippen molar-refractivity contribution >= 4 is 0 Å². The second-order valence-electron chi connectivity index (χ2n) is 5.11. The fourth-order valence-corrected chi connectivity index (χ4v) is 2.50. The molecule has 2 atom stereocenters. The van der Waals surface area contributed by atoms with E-state index in [9.17, 15) is 4.39 Å². The van der Waals surface area contributed by atoms with E-state index in [4.69, 9.17) is 10.5 Å². The minimum atomic E-state index is -0.294. The summed E-state index contributed by atoms with van der Waals surface area (Å²) in [6.45, 7) is 4.89. The molecule has 18 heavy (non-hydrogen) atoms. The molecule has 1 fully saturated rings. The Morgan fingerprint density at radius 2 is 2.33 bits per heavy atom. The van der Waals surface area contributed by atoms with Gasteiger partial charge in [-0.05, 0) is 43.5 Å². The lowest BCUT2D eigenvalue weighted by Gasteiger charge is -2.18. The maximum absolute atomic E-state index is 13.6. The van der Waals surface area contributed by atoms with Crippen molar-refractivity contribution in [3.63, 3.8) is 0 Å². The first-order valence-corrected chi connectivity index (χ1v) is 6.40. The van der Waals surface area contributed by atoms with Crippen molar-refractivity contribution < 1.29 is 9.13 Å². The van der Waals surface area contributed by atoms with Crippen molar-refractivity contribution in [1.29, 1.82) is 0 Å². The summed E-state index contributed by atoms with van der Waals surface area (Å²) >= 11 is 0. The van der Waals surface area contributed by atoms with Gasteiger partial charge in [0.15, 0.2) is 11.6 Å². The molecule has 100 valence electrons. The Labute approximate surface area is 108 Å². The summed E-state index contributed by atoms with van der Waals surface area (Å²) in [6, 6.07) is 5.39. The zero-order chi connectivity index (χ0) is 13.1. The SMILES string of the molecule is COc1ccc(CN2CCC(C(C)N)C2)cc1F. The predicted molar refractivity (Wildman–Crippen MR) is 70.0 cm³/mol. The van der Waals surface area contributed by atoms with Crippen LogP contribution in [-0.4, -0.2) is 31.1 Å². The van der Waals surface area contributed by atoms with E-state index in [2.05, 4.69) is 11.8 Å². The highest BCUT2D eigenvalue weighted by molar-refractivity contribution is 5.29. The Kier molecular flexibility index (Phi) is 4.19. The molecule has 1 aromatic carbocycles. The molecule has 1 aliphatic heterocycles. The van der Waals surface area contributed by atoms with Crippen LogP contribution in [0.1, 0.15) is 18.9 Å². The highest BCUT2D eigenvalue weighted by Crippen LogP contribution is 2.23. The monoisotopic (exact) mass is 252 g/mol. The van der Waals surface area contributed by atoms with E-state index in [1.54, 1.807) is 12.1 Å². The number of nitrogens with two attached hydrogens (primary N) is 1. The molecule has 1 aliphatic rings. The fraction of sp³-hybridized carbons (Fsp3) is 0.571. The maximum Gasteiger partial charge on any atom is 0.165 e. The number of methoxy groups -OCH3 is 1. The molecule has 1 heterocycles. The Morgan fingerprint density at radius 1 is 1.56 bits per heavy atom. The maximum atomic E-state index is 13.6. The van der Waals surface area contributed by atoms with Crippen LogP contribution >= 0.6 is 0 Å². The molecule has 1 aromatic rings. The van der Waals surface area contributed by atoms with Crippen LogP contribution in [-0.2, 0) is 6.54 Å². The third-order valence-corrected chi connectivity index (χ3v) is 3.67. The van der Waals surface area contributed by atoms with Crippen LogP contribution in [0, 0.1) is 11.7 Å². The summed E-state index contributed by atoms with van der Waals surface area (Å²) < 4.78 is 18.5. The van der Waals surface area contributed by atoms with Crippen molar-refractivity contribution in [3.8, 4) is 5.75 Å². The van der Waals surface area contributed by atoms with Gasteiger partial charge >= 0.3 is 0 Å². The van der Waals surface area contributed by atoms with Crippen LogP contribution in [0.25, 0.3) is 0 Å². The van der Waals surface area contributed by atoms with E-state index < -0.39 is 0 Å². The van der Waals surface area contributed by atoms with Crippen molar-refractivity contribution in [2.75, 3.05) is 20.2 Å². The number of hydrogen-bond donors (Lipinski definition) is 1. The quantitative estimate of drug-likeness (QED) is 0.890. The van der Waals surface area contributed by atoms with Gasteiger partial charge < -0.3 is 10.5 Å². The minimum absolute atomic E-state index is 0.239. The molecule has 0 saturated carbocycles. The fourth-order valence-electron chi connectivity index (χ4n) is 2.50. The number of rotatable bonds is 4. The molecule has 4 heteroatoms.